The maximum Gasteiger partial charge on any atom is 0.216 e. The molecule has 0 fully saturated rings. The van der Waals surface area contributed by atoms with E-state index in [4.69, 9.17) is 23.2 Å². The van der Waals surface area contributed by atoms with E-state index in [1.165, 1.54) is 6.92 Å². The third-order valence-corrected chi connectivity index (χ3v) is 4.21. The number of hydrogen-bond donors (Lipinski definition) is 1. The molecule has 94 valence electrons. The van der Waals surface area contributed by atoms with Crippen LogP contribution in [-0.4, -0.2) is 22.4 Å². The summed E-state index contributed by atoms with van der Waals surface area (Å²) in [7, 11) is -1.11. The van der Waals surface area contributed by atoms with Gasteiger partial charge in [0.2, 0.25) is 5.91 Å². The highest BCUT2D eigenvalue weighted by Gasteiger charge is 2.06. The van der Waals surface area contributed by atoms with Crippen LogP contribution in [0.2, 0.25) is 10.0 Å². The molecular formula is C11H13Cl2NO2S. The monoisotopic (exact) mass is 293 g/mol. The summed E-state index contributed by atoms with van der Waals surface area (Å²) in [6, 6.07) is 4.94. The van der Waals surface area contributed by atoms with Crippen molar-refractivity contribution in [3.05, 3.63) is 28.2 Å². The summed E-state index contributed by atoms with van der Waals surface area (Å²) in [6.45, 7) is 1.98. The molecule has 3 nitrogen and oxygen atoms in total. The highest BCUT2D eigenvalue weighted by atomic mass is 35.5. The first-order valence-electron chi connectivity index (χ1n) is 5.08. The van der Waals surface area contributed by atoms with Crippen LogP contribution >= 0.6 is 23.2 Å². The minimum Gasteiger partial charge on any atom is -0.356 e. The Kier molecular flexibility index (Phi) is 5.95. The molecule has 1 aromatic rings. The largest absolute Gasteiger partial charge is 0.356 e. The predicted molar refractivity (Wildman–Crippen MR) is 71.0 cm³/mol. The van der Waals surface area contributed by atoms with E-state index < -0.39 is 10.8 Å². The Hall–Kier alpha value is -0.580. The normalized spacial score (nSPS) is 12.2. The van der Waals surface area contributed by atoms with Crippen LogP contribution in [0.25, 0.3) is 0 Å². The van der Waals surface area contributed by atoms with E-state index in [1.807, 2.05) is 0 Å². The summed E-state index contributed by atoms with van der Waals surface area (Å²) >= 11 is 11.6. The molecule has 1 amide bonds. The maximum atomic E-state index is 11.8. The van der Waals surface area contributed by atoms with Crippen LogP contribution in [0, 0.1) is 0 Å². The van der Waals surface area contributed by atoms with Gasteiger partial charge in [-0.3, -0.25) is 9.00 Å². The molecule has 6 heteroatoms. The first kappa shape index (κ1) is 14.5. The van der Waals surface area contributed by atoms with Crippen molar-refractivity contribution in [3.63, 3.8) is 0 Å². The minimum absolute atomic E-state index is 0.0784. The summed E-state index contributed by atoms with van der Waals surface area (Å²) in [6.07, 6.45) is 0.659. The molecule has 0 radical (unpaired) electrons. The Labute approximate surface area is 113 Å². The number of carbonyl (C=O) groups excluding carboxylic acids is 1. The number of carbonyl (C=O) groups is 1. The topological polar surface area (TPSA) is 46.2 Å². The Balaban J connectivity index is 2.47. The van der Waals surface area contributed by atoms with Gasteiger partial charge in [-0.25, -0.2) is 0 Å². The first-order chi connectivity index (χ1) is 8.00. The third kappa shape index (κ3) is 5.06. The zero-order chi connectivity index (χ0) is 12.8. The molecule has 1 atom stereocenters. The van der Waals surface area contributed by atoms with Gasteiger partial charge in [-0.2, -0.15) is 0 Å². The zero-order valence-corrected chi connectivity index (χ0v) is 11.7. The van der Waals surface area contributed by atoms with Crippen molar-refractivity contribution in [1.29, 1.82) is 0 Å². The summed E-state index contributed by atoms with van der Waals surface area (Å²) in [5, 5.41) is 3.50. The van der Waals surface area contributed by atoms with E-state index in [0.29, 0.717) is 33.7 Å². The number of halogens is 2. The number of rotatable bonds is 5. The van der Waals surface area contributed by atoms with E-state index in [0.717, 1.165) is 0 Å². The molecule has 0 spiro atoms. The molecule has 17 heavy (non-hydrogen) atoms. The first-order valence-corrected chi connectivity index (χ1v) is 7.16. The van der Waals surface area contributed by atoms with Gasteiger partial charge in [-0.05, 0) is 24.6 Å². The van der Waals surface area contributed by atoms with Crippen molar-refractivity contribution in [2.24, 2.45) is 0 Å². The van der Waals surface area contributed by atoms with E-state index in [9.17, 15) is 9.00 Å². The summed E-state index contributed by atoms with van der Waals surface area (Å²) in [4.78, 5) is 11.3. The van der Waals surface area contributed by atoms with E-state index in [-0.39, 0.29) is 5.91 Å². The fraction of sp³-hybridized carbons (Fsp3) is 0.364. The molecule has 0 unspecified atom stereocenters. The second kappa shape index (κ2) is 6.99. The Morgan fingerprint density at radius 1 is 1.35 bits per heavy atom. The second-order valence-electron chi connectivity index (χ2n) is 3.46. The lowest BCUT2D eigenvalue weighted by molar-refractivity contribution is -0.118. The SMILES string of the molecule is CC(=O)NCCC[S@](=O)c1ccc(Cl)c(Cl)c1. The Bertz CT molecular complexity index is 437. The molecule has 1 aromatic carbocycles. The fourth-order valence-corrected chi connectivity index (χ4v) is 2.68. The molecule has 0 aromatic heterocycles. The molecule has 1 rings (SSSR count). The molecule has 0 saturated carbocycles. The van der Waals surface area contributed by atoms with Crippen LogP contribution in [-0.2, 0) is 15.6 Å². The molecule has 0 bridgehead atoms. The molecule has 0 saturated heterocycles. The average molecular weight is 294 g/mol. The Morgan fingerprint density at radius 3 is 2.65 bits per heavy atom. The van der Waals surface area contributed by atoms with Gasteiger partial charge < -0.3 is 5.32 Å². The zero-order valence-electron chi connectivity index (χ0n) is 9.33. The van der Waals surface area contributed by atoms with Crippen LogP contribution in [0.3, 0.4) is 0 Å². The molecule has 0 heterocycles. The van der Waals surface area contributed by atoms with Crippen LogP contribution in [0.5, 0.6) is 0 Å². The van der Waals surface area contributed by atoms with Crippen LogP contribution in [0.1, 0.15) is 13.3 Å². The van der Waals surface area contributed by atoms with Gasteiger partial charge in [0.15, 0.2) is 0 Å². The second-order valence-corrected chi connectivity index (χ2v) is 5.85. The summed E-state index contributed by atoms with van der Waals surface area (Å²) in [5.41, 5.74) is 0. The average Bonchev–Trinajstić information content (AvgIpc) is 2.27. The van der Waals surface area contributed by atoms with Gasteiger partial charge in [0.1, 0.15) is 0 Å². The van der Waals surface area contributed by atoms with Crippen molar-refractivity contribution in [1.82, 2.24) is 5.32 Å². The fourth-order valence-electron chi connectivity index (χ4n) is 1.20. The third-order valence-electron chi connectivity index (χ3n) is 2.03. The summed E-state index contributed by atoms with van der Waals surface area (Å²) in [5.74, 6) is 0.406. The number of nitrogens with one attached hydrogen (secondary N) is 1. The van der Waals surface area contributed by atoms with Gasteiger partial charge >= 0.3 is 0 Å². The molecule has 0 aliphatic heterocycles. The quantitative estimate of drug-likeness (QED) is 0.849. The highest BCUT2D eigenvalue weighted by Crippen LogP contribution is 2.24. The lowest BCUT2D eigenvalue weighted by Gasteiger charge is -2.04. The van der Waals surface area contributed by atoms with E-state index >= 15 is 0 Å². The minimum atomic E-state index is -1.11. The highest BCUT2D eigenvalue weighted by molar-refractivity contribution is 7.85. The van der Waals surface area contributed by atoms with Crippen LogP contribution in [0.4, 0.5) is 0 Å². The molecular weight excluding hydrogens is 281 g/mol. The number of amides is 1. The number of benzene rings is 1. The lowest BCUT2D eigenvalue weighted by Crippen LogP contribution is -2.22. The standard InChI is InChI=1S/C11H13Cl2NO2S/c1-8(15)14-5-2-6-17(16)9-3-4-10(12)11(13)7-9/h3-4,7H,2,5-6H2,1H3,(H,14,15)/t17-/m0/s1. The maximum absolute atomic E-state index is 11.8. The lowest BCUT2D eigenvalue weighted by atomic mass is 10.4. The van der Waals surface area contributed by atoms with Crippen molar-refractivity contribution in [3.8, 4) is 0 Å². The van der Waals surface area contributed by atoms with Gasteiger partial charge in [0, 0.05) is 24.1 Å². The summed E-state index contributed by atoms with van der Waals surface area (Å²) < 4.78 is 11.8. The molecule has 0 aliphatic rings. The van der Waals surface area contributed by atoms with Crippen LogP contribution < -0.4 is 5.32 Å². The predicted octanol–water partition coefficient (Wildman–Crippen LogP) is 2.63. The van der Waals surface area contributed by atoms with Crippen molar-refractivity contribution >= 4 is 39.9 Å². The van der Waals surface area contributed by atoms with E-state index in [2.05, 4.69) is 5.32 Å². The number of hydrogen-bond acceptors (Lipinski definition) is 2. The van der Waals surface area contributed by atoms with Crippen molar-refractivity contribution < 1.29 is 9.00 Å². The van der Waals surface area contributed by atoms with Crippen molar-refractivity contribution in [2.45, 2.75) is 18.2 Å². The van der Waals surface area contributed by atoms with Gasteiger partial charge in [-0.15, -0.1) is 0 Å². The smallest absolute Gasteiger partial charge is 0.216 e. The molecule has 0 aliphatic carbocycles. The van der Waals surface area contributed by atoms with Gasteiger partial charge in [0.25, 0.3) is 0 Å². The molecule has 1 N–H and O–H groups in total. The van der Waals surface area contributed by atoms with E-state index in [1.54, 1.807) is 18.2 Å². The van der Waals surface area contributed by atoms with Gasteiger partial charge in [-0.1, -0.05) is 23.2 Å². The Morgan fingerprint density at radius 2 is 2.06 bits per heavy atom. The van der Waals surface area contributed by atoms with Crippen molar-refractivity contribution in [2.75, 3.05) is 12.3 Å². The van der Waals surface area contributed by atoms with Gasteiger partial charge in [0.05, 0.1) is 20.8 Å². The van der Waals surface area contributed by atoms with Crippen LogP contribution in [0.15, 0.2) is 23.1 Å².